The molecule has 3 nitrogen and oxygen atoms in total. The second-order valence-electron chi connectivity index (χ2n) is 7.36. The number of fused-ring (bicyclic) bond motifs is 1. The van der Waals surface area contributed by atoms with Crippen LogP contribution in [0.2, 0.25) is 0 Å². The van der Waals surface area contributed by atoms with Crippen LogP contribution in [0.3, 0.4) is 0 Å². The van der Waals surface area contributed by atoms with Crippen LogP contribution >= 0.6 is 0 Å². The van der Waals surface area contributed by atoms with Crippen molar-refractivity contribution in [2.75, 3.05) is 6.61 Å². The average molecular weight is 293 g/mol. The number of rotatable bonds is 2. The number of hydrogen-bond acceptors (Lipinski definition) is 3. The van der Waals surface area contributed by atoms with Crippen molar-refractivity contribution in [1.82, 2.24) is 0 Å². The third-order valence-corrected chi connectivity index (χ3v) is 5.71. The normalized spacial score (nSPS) is 37.9. The first kappa shape index (κ1) is 16.0. The van der Waals surface area contributed by atoms with E-state index >= 15 is 4.39 Å². The van der Waals surface area contributed by atoms with Crippen molar-refractivity contribution in [1.29, 1.82) is 5.26 Å². The minimum Gasteiger partial charge on any atom is -0.462 e. The first-order chi connectivity index (χ1) is 9.67. The Hall–Kier alpha value is -1.37. The molecule has 0 heterocycles. The molecular weight excluding hydrogens is 269 g/mol. The van der Waals surface area contributed by atoms with Gasteiger partial charge in [0.2, 0.25) is 0 Å². The maximum absolute atomic E-state index is 15.9. The fourth-order valence-electron chi connectivity index (χ4n) is 4.46. The van der Waals surface area contributed by atoms with Crippen LogP contribution < -0.4 is 0 Å². The van der Waals surface area contributed by atoms with Crippen molar-refractivity contribution < 1.29 is 13.9 Å². The molecule has 1 fully saturated rings. The van der Waals surface area contributed by atoms with Gasteiger partial charge in [0.15, 0.2) is 5.67 Å². The van der Waals surface area contributed by atoms with Crippen molar-refractivity contribution in [3.63, 3.8) is 0 Å². The van der Waals surface area contributed by atoms with E-state index in [-0.39, 0.29) is 23.5 Å². The van der Waals surface area contributed by atoms with Gasteiger partial charge in [0.05, 0.1) is 11.6 Å². The maximum atomic E-state index is 15.9. The highest BCUT2D eigenvalue weighted by atomic mass is 19.1. The molecule has 2 aliphatic rings. The van der Waals surface area contributed by atoms with Crippen LogP contribution in [0.1, 0.15) is 53.4 Å². The van der Waals surface area contributed by atoms with Gasteiger partial charge < -0.3 is 4.74 Å². The van der Waals surface area contributed by atoms with Gasteiger partial charge >= 0.3 is 5.97 Å². The Morgan fingerprint density at radius 3 is 2.71 bits per heavy atom. The highest BCUT2D eigenvalue weighted by Crippen LogP contribution is 2.62. The predicted octanol–water partition coefficient (Wildman–Crippen LogP) is 3.94. The van der Waals surface area contributed by atoms with Crippen molar-refractivity contribution in [3.8, 4) is 6.07 Å². The smallest absolute Gasteiger partial charge is 0.302 e. The molecule has 0 amide bonds. The number of carbonyl (C=O) groups excluding carboxylic acids is 1. The van der Waals surface area contributed by atoms with E-state index in [1.54, 1.807) is 6.08 Å². The summed E-state index contributed by atoms with van der Waals surface area (Å²) in [4.78, 5) is 11.1. The molecule has 0 bridgehead atoms. The molecule has 116 valence electrons. The number of allylic oxidation sites excluding steroid dienone is 1. The summed E-state index contributed by atoms with van der Waals surface area (Å²) >= 11 is 0. The van der Waals surface area contributed by atoms with E-state index in [4.69, 9.17) is 4.74 Å². The van der Waals surface area contributed by atoms with Gasteiger partial charge in [0, 0.05) is 12.3 Å². The second-order valence-corrected chi connectivity index (χ2v) is 7.36. The molecule has 0 aromatic heterocycles. The molecule has 0 saturated heterocycles. The molecule has 2 aliphatic carbocycles. The molecule has 3 atom stereocenters. The van der Waals surface area contributed by atoms with E-state index in [2.05, 4.69) is 13.8 Å². The number of esters is 1. The topological polar surface area (TPSA) is 50.1 Å². The van der Waals surface area contributed by atoms with Crippen LogP contribution in [-0.2, 0) is 9.53 Å². The summed E-state index contributed by atoms with van der Waals surface area (Å²) in [5.74, 6) is -0.360. The van der Waals surface area contributed by atoms with Gasteiger partial charge in [-0.05, 0) is 30.6 Å². The number of nitriles is 1. The molecule has 4 heteroatoms. The number of alkyl halides is 1. The Kier molecular flexibility index (Phi) is 3.90. The molecule has 2 rings (SSSR count). The Balaban J connectivity index is 2.47. The number of nitrogens with zero attached hydrogens (tertiary/aromatic N) is 1. The Morgan fingerprint density at radius 2 is 2.14 bits per heavy atom. The summed E-state index contributed by atoms with van der Waals surface area (Å²) in [5, 5.41) is 9.33. The molecule has 0 N–H and O–H groups in total. The number of hydrogen-bond donors (Lipinski definition) is 0. The zero-order chi connectivity index (χ0) is 15.9. The van der Waals surface area contributed by atoms with Crippen LogP contribution in [0.15, 0.2) is 11.6 Å². The van der Waals surface area contributed by atoms with E-state index in [0.717, 1.165) is 25.7 Å². The molecule has 0 aromatic rings. The summed E-state index contributed by atoms with van der Waals surface area (Å²) in [5.41, 5.74) is -2.39. The summed E-state index contributed by atoms with van der Waals surface area (Å²) in [6.45, 7) is 7.18. The third-order valence-electron chi connectivity index (χ3n) is 5.71. The first-order valence-corrected chi connectivity index (χ1v) is 7.60. The molecule has 1 saturated carbocycles. The Morgan fingerprint density at radius 1 is 1.48 bits per heavy atom. The highest BCUT2D eigenvalue weighted by molar-refractivity contribution is 5.66. The zero-order valence-electron chi connectivity index (χ0n) is 13.3. The molecule has 0 unspecified atom stereocenters. The van der Waals surface area contributed by atoms with E-state index in [1.807, 2.05) is 13.0 Å². The van der Waals surface area contributed by atoms with Crippen molar-refractivity contribution >= 4 is 5.97 Å². The van der Waals surface area contributed by atoms with E-state index < -0.39 is 17.1 Å². The lowest BCUT2D eigenvalue weighted by Gasteiger charge is -2.58. The Bertz CT molecular complexity index is 519. The van der Waals surface area contributed by atoms with E-state index in [1.165, 1.54) is 6.92 Å². The average Bonchev–Trinajstić information content (AvgIpc) is 2.38. The molecule has 0 aliphatic heterocycles. The van der Waals surface area contributed by atoms with Crippen molar-refractivity contribution in [2.45, 2.75) is 59.0 Å². The van der Waals surface area contributed by atoms with Gasteiger partial charge in [-0.1, -0.05) is 33.3 Å². The van der Waals surface area contributed by atoms with Gasteiger partial charge in [-0.3, -0.25) is 4.79 Å². The number of carbonyl (C=O) groups is 1. The summed E-state index contributed by atoms with van der Waals surface area (Å²) in [7, 11) is 0. The highest BCUT2D eigenvalue weighted by Gasteiger charge is 2.62. The van der Waals surface area contributed by atoms with Crippen molar-refractivity contribution in [2.24, 2.45) is 16.7 Å². The summed E-state index contributed by atoms with van der Waals surface area (Å²) in [6.07, 6.45) is 5.15. The van der Waals surface area contributed by atoms with E-state index in [0.29, 0.717) is 0 Å². The second kappa shape index (κ2) is 5.12. The Labute approximate surface area is 126 Å². The quantitative estimate of drug-likeness (QED) is 0.724. The molecule has 0 spiro atoms. The summed E-state index contributed by atoms with van der Waals surface area (Å²) < 4.78 is 20.9. The van der Waals surface area contributed by atoms with Crippen LogP contribution in [0, 0.1) is 28.1 Å². The number of halogens is 1. The largest absolute Gasteiger partial charge is 0.462 e. The molecular formula is C17H24FNO2. The lowest BCUT2D eigenvalue weighted by atomic mass is 9.47. The minimum absolute atomic E-state index is 0.0258. The third kappa shape index (κ3) is 2.37. The maximum Gasteiger partial charge on any atom is 0.302 e. The van der Waals surface area contributed by atoms with E-state index in [9.17, 15) is 10.1 Å². The molecule has 0 radical (unpaired) electrons. The molecule has 21 heavy (non-hydrogen) atoms. The summed E-state index contributed by atoms with van der Waals surface area (Å²) in [6, 6.07) is 2.00. The van der Waals surface area contributed by atoms with Gasteiger partial charge in [0.1, 0.15) is 6.61 Å². The van der Waals surface area contributed by atoms with Crippen molar-refractivity contribution in [3.05, 3.63) is 11.6 Å². The van der Waals surface area contributed by atoms with Gasteiger partial charge in [0.25, 0.3) is 0 Å². The first-order valence-electron chi connectivity index (χ1n) is 7.60. The van der Waals surface area contributed by atoms with Gasteiger partial charge in [-0.25, -0.2) is 4.39 Å². The van der Waals surface area contributed by atoms with Crippen LogP contribution in [0.5, 0.6) is 0 Å². The SMILES string of the molecule is CC(=O)OC[C@@]1(F)C(C#N)=CC[C@H]2C(C)(C)CCC[C@@]21C. The number of ether oxygens (including phenoxy) is 1. The standard InChI is InChI=1S/C17H24FNO2/c1-12(20)21-11-17(18)13(10-19)6-7-14-15(2,3)8-5-9-16(14,17)4/h6,14H,5,7-9,11H2,1-4H3/t14-,16-,17+/m0/s1. The predicted molar refractivity (Wildman–Crippen MR) is 78.0 cm³/mol. The van der Waals surface area contributed by atoms with Gasteiger partial charge in [-0.2, -0.15) is 5.26 Å². The lowest BCUT2D eigenvalue weighted by molar-refractivity contribution is -0.158. The minimum atomic E-state index is -1.88. The monoisotopic (exact) mass is 293 g/mol. The van der Waals surface area contributed by atoms with Crippen LogP contribution in [-0.4, -0.2) is 18.2 Å². The van der Waals surface area contributed by atoms with Crippen LogP contribution in [0.4, 0.5) is 4.39 Å². The fourth-order valence-corrected chi connectivity index (χ4v) is 4.46. The van der Waals surface area contributed by atoms with Gasteiger partial charge in [-0.15, -0.1) is 0 Å². The zero-order valence-corrected chi connectivity index (χ0v) is 13.3. The fraction of sp³-hybridized carbons (Fsp3) is 0.765. The lowest BCUT2D eigenvalue weighted by Crippen LogP contribution is -2.59. The van der Waals surface area contributed by atoms with Crippen LogP contribution in [0.25, 0.3) is 0 Å². The molecule has 0 aromatic carbocycles.